The standard InChI is InChI=1S/C38H45F3O/c1-3-5-6-7-26-8-10-27(11-9-26)28-12-16-30(17-13-28)33-21-20-32(25-35(33)39)29-14-18-31(19-15-29)34-22-23-36(42-24-4-2)38(41)37(34)40/h4,14-15,18-28,30H,3,5-13,16-17H2,1-2H3/b24-4-. The number of benzene rings is 3. The van der Waals surface area contributed by atoms with Gasteiger partial charge in [0.2, 0.25) is 5.82 Å². The molecule has 3 aromatic carbocycles. The number of allylic oxidation sites excluding steroid dienone is 1. The van der Waals surface area contributed by atoms with E-state index in [1.807, 2.05) is 24.3 Å². The predicted octanol–water partition coefficient (Wildman–Crippen LogP) is 12.0. The second-order valence-electron chi connectivity index (χ2n) is 12.5. The van der Waals surface area contributed by atoms with E-state index in [2.05, 4.69) is 6.92 Å². The van der Waals surface area contributed by atoms with E-state index in [1.165, 1.54) is 82.6 Å². The van der Waals surface area contributed by atoms with Crippen molar-refractivity contribution in [1.82, 2.24) is 0 Å². The Labute approximate surface area is 250 Å². The van der Waals surface area contributed by atoms with Gasteiger partial charge >= 0.3 is 0 Å². The lowest BCUT2D eigenvalue weighted by Crippen LogP contribution is -2.25. The Hall–Kier alpha value is -3.01. The van der Waals surface area contributed by atoms with Crippen LogP contribution in [0.5, 0.6) is 5.75 Å². The molecule has 3 aromatic rings. The zero-order valence-corrected chi connectivity index (χ0v) is 25.2. The largest absolute Gasteiger partial charge is 0.462 e. The molecule has 42 heavy (non-hydrogen) atoms. The summed E-state index contributed by atoms with van der Waals surface area (Å²) >= 11 is 0. The molecule has 2 saturated carbocycles. The summed E-state index contributed by atoms with van der Waals surface area (Å²) in [6.07, 6.45) is 18.6. The molecule has 1 nitrogen and oxygen atoms in total. The van der Waals surface area contributed by atoms with Gasteiger partial charge in [0.25, 0.3) is 0 Å². The molecule has 0 heterocycles. The molecule has 4 heteroatoms. The Morgan fingerprint density at radius 2 is 1.36 bits per heavy atom. The van der Waals surface area contributed by atoms with E-state index in [0.29, 0.717) is 11.5 Å². The molecule has 0 spiro atoms. The van der Waals surface area contributed by atoms with Crippen LogP contribution in [-0.4, -0.2) is 0 Å². The molecule has 0 bridgehead atoms. The van der Waals surface area contributed by atoms with Crippen molar-refractivity contribution in [3.63, 3.8) is 0 Å². The van der Waals surface area contributed by atoms with E-state index in [0.717, 1.165) is 47.3 Å². The average molecular weight is 575 g/mol. The first-order valence-electron chi connectivity index (χ1n) is 16.1. The van der Waals surface area contributed by atoms with Crippen molar-refractivity contribution in [2.75, 3.05) is 0 Å². The van der Waals surface area contributed by atoms with Crippen molar-refractivity contribution >= 4 is 0 Å². The van der Waals surface area contributed by atoms with Gasteiger partial charge in [-0.15, -0.1) is 0 Å². The maximum absolute atomic E-state index is 15.4. The third-order valence-electron chi connectivity index (χ3n) is 9.89. The van der Waals surface area contributed by atoms with E-state index in [1.54, 1.807) is 31.2 Å². The summed E-state index contributed by atoms with van der Waals surface area (Å²) in [5, 5.41) is 0. The van der Waals surface area contributed by atoms with E-state index >= 15 is 4.39 Å². The van der Waals surface area contributed by atoms with Gasteiger partial charge in [-0.05, 0) is 110 Å². The van der Waals surface area contributed by atoms with Gasteiger partial charge in [-0.3, -0.25) is 0 Å². The lowest BCUT2D eigenvalue weighted by atomic mass is 9.68. The quantitative estimate of drug-likeness (QED) is 0.173. The highest BCUT2D eigenvalue weighted by Gasteiger charge is 2.32. The fourth-order valence-corrected chi connectivity index (χ4v) is 7.40. The van der Waals surface area contributed by atoms with Gasteiger partial charge in [0.1, 0.15) is 5.82 Å². The summed E-state index contributed by atoms with van der Waals surface area (Å²) < 4.78 is 49.7. The molecule has 0 aliphatic heterocycles. The lowest BCUT2D eigenvalue weighted by molar-refractivity contribution is 0.155. The Bertz CT molecular complexity index is 1330. The van der Waals surface area contributed by atoms with Gasteiger partial charge in [-0.2, -0.15) is 4.39 Å². The van der Waals surface area contributed by atoms with Crippen LogP contribution in [0.3, 0.4) is 0 Å². The van der Waals surface area contributed by atoms with Crippen LogP contribution in [0.4, 0.5) is 13.2 Å². The van der Waals surface area contributed by atoms with Gasteiger partial charge in [-0.1, -0.05) is 87.9 Å². The maximum Gasteiger partial charge on any atom is 0.201 e. The highest BCUT2D eigenvalue weighted by molar-refractivity contribution is 5.71. The Morgan fingerprint density at radius 3 is 2.00 bits per heavy atom. The molecule has 2 aliphatic carbocycles. The van der Waals surface area contributed by atoms with E-state index < -0.39 is 11.6 Å². The number of hydrogen-bond acceptors (Lipinski definition) is 1. The first-order valence-corrected chi connectivity index (χ1v) is 16.1. The third-order valence-corrected chi connectivity index (χ3v) is 9.89. The van der Waals surface area contributed by atoms with Crippen molar-refractivity contribution in [2.45, 2.75) is 96.8 Å². The van der Waals surface area contributed by atoms with Crippen LogP contribution in [0, 0.1) is 35.2 Å². The fraction of sp³-hybridized carbons (Fsp3) is 0.474. The molecule has 0 amide bonds. The highest BCUT2D eigenvalue weighted by atomic mass is 19.2. The minimum Gasteiger partial charge on any atom is -0.462 e. The first-order chi connectivity index (χ1) is 20.5. The Morgan fingerprint density at radius 1 is 0.714 bits per heavy atom. The van der Waals surface area contributed by atoms with E-state index in [-0.39, 0.29) is 17.1 Å². The fourth-order valence-electron chi connectivity index (χ4n) is 7.40. The molecule has 2 fully saturated rings. The average Bonchev–Trinajstić information content (AvgIpc) is 3.02. The molecular formula is C38H45F3O. The summed E-state index contributed by atoms with van der Waals surface area (Å²) in [4.78, 5) is 0. The first kappa shape index (κ1) is 30.4. The Balaban J connectivity index is 1.18. The van der Waals surface area contributed by atoms with Crippen LogP contribution in [0.2, 0.25) is 0 Å². The summed E-state index contributed by atoms with van der Waals surface area (Å²) in [5.74, 6) is 0.656. The molecule has 0 atom stereocenters. The molecule has 0 unspecified atom stereocenters. The zero-order valence-electron chi connectivity index (χ0n) is 25.2. The smallest absolute Gasteiger partial charge is 0.201 e. The molecule has 2 aliphatic rings. The second-order valence-corrected chi connectivity index (χ2v) is 12.5. The molecule has 224 valence electrons. The molecule has 0 N–H and O–H groups in total. The van der Waals surface area contributed by atoms with Crippen LogP contribution in [0.15, 0.2) is 66.9 Å². The van der Waals surface area contributed by atoms with Crippen LogP contribution in [-0.2, 0) is 0 Å². The summed E-state index contributed by atoms with van der Waals surface area (Å²) in [6.45, 7) is 4.02. The molecule has 0 radical (unpaired) electrons. The number of rotatable bonds is 10. The molecular weight excluding hydrogens is 529 g/mol. The van der Waals surface area contributed by atoms with Crippen molar-refractivity contribution in [1.29, 1.82) is 0 Å². The SMILES string of the molecule is C/C=C\Oc1ccc(-c2ccc(-c3ccc(C4CCC(C5CCC(CCCCC)CC5)CC4)c(F)c3)cc2)c(F)c1F. The van der Waals surface area contributed by atoms with Crippen LogP contribution < -0.4 is 4.74 Å². The molecule has 0 aromatic heterocycles. The Kier molecular flexibility index (Phi) is 10.5. The summed E-state index contributed by atoms with van der Waals surface area (Å²) in [7, 11) is 0. The molecule has 0 saturated heterocycles. The number of hydrogen-bond donors (Lipinski definition) is 0. The maximum atomic E-state index is 15.4. The summed E-state index contributed by atoms with van der Waals surface area (Å²) in [5.41, 5.74) is 3.17. The van der Waals surface area contributed by atoms with E-state index in [9.17, 15) is 8.78 Å². The number of ether oxygens (including phenoxy) is 1. The zero-order chi connectivity index (χ0) is 29.5. The van der Waals surface area contributed by atoms with Crippen molar-refractivity contribution in [3.8, 4) is 28.0 Å². The van der Waals surface area contributed by atoms with E-state index in [4.69, 9.17) is 4.74 Å². The minimum atomic E-state index is -1.02. The second kappa shape index (κ2) is 14.4. The van der Waals surface area contributed by atoms with Gasteiger partial charge in [0.05, 0.1) is 6.26 Å². The van der Waals surface area contributed by atoms with Crippen molar-refractivity contribution in [3.05, 3.63) is 90.0 Å². The summed E-state index contributed by atoms with van der Waals surface area (Å²) in [6, 6.07) is 15.7. The topological polar surface area (TPSA) is 9.23 Å². The number of halogens is 3. The van der Waals surface area contributed by atoms with Crippen LogP contribution in [0.1, 0.15) is 102 Å². The van der Waals surface area contributed by atoms with Crippen LogP contribution in [0.25, 0.3) is 22.3 Å². The normalized spacial score (nSPS) is 22.9. The number of unbranched alkanes of at least 4 members (excludes halogenated alkanes) is 2. The monoisotopic (exact) mass is 574 g/mol. The van der Waals surface area contributed by atoms with Gasteiger partial charge in [0, 0.05) is 5.56 Å². The van der Waals surface area contributed by atoms with Gasteiger partial charge in [-0.25, -0.2) is 8.78 Å². The van der Waals surface area contributed by atoms with Crippen LogP contribution >= 0.6 is 0 Å². The highest BCUT2D eigenvalue weighted by Crippen LogP contribution is 2.45. The molecule has 5 rings (SSSR count). The minimum absolute atomic E-state index is 0.141. The van der Waals surface area contributed by atoms with Crippen molar-refractivity contribution in [2.24, 2.45) is 17.8 Å². The third kappa shape index (κ3) is 7.13. The van der Waals surface area contributed by atoms with Gasteiger partial charge < -0.3 is 4.74 Å². The van der Waals surface area contributed by atoms with Gasteiger partial charge in [0.15, 0.2) is 11.6 Å². The predicted molar refractivity (Wildman–Crippen MR) is 167 cm³/mol. The van der Waals surface area contributed by atoms with Crippen molar-refractivity contribution < 1.29 is 17.9 Å². The lowest BCUT2D eigenvalue weighted by Gasteiger charge is -2.38.